The van der Waals surface area contributed by atoms with Gasteiger partial charge in [0.2, 0.25) is 0 Å². The van der Waals surface area contributed by atoms with E-state index in [0.717, 1.165) is 6.42 Å². The lowest BCUT2D eigenvalue weighted by Crippen LogP contribution is -2.36. The minimum Gasteiger partial charge on any atom is -0.233 e. The van der Waals surface area contributed by atoms with Gasteiger partial charge in [0.15, 0.2) is 0 Å². The van der Waals surface area contributed by atoms with Crippen molar-refractivity contribution < 1.29 is 5.11 Å². The zero-order valence-electron chi connectivity index (χ0n) is 4.85. The van der Waals surface area contributed by atoms with E-state index in [1.54, 1.807) is 0 Å². The molecule has 0 aromatic heterocycles. The number of rotatable bonds is 0. The Balaban J connectivity index is 2.29. The monoisotopic (exact) mass is 99.1 g/mol. The average molecular weight is 99.2 g/mol. The Morgan fingerprint density at radius 2 is 1.71 bits per heavy atom. The fraction of sp³-hybridized carbons (Fsp3) is 1.00. The fourth-order valence-corrected chi connectivity index (χ4v) is 1.22. The van der Waals surface area contributed by atoms with Gasteiger partial charge in [-0.2, -0.15) is 0 Å². The summed E-state index contributed by atoms with van der Waals surface area (Å²) in [6.07, 6.45) is 0.897. The van der Waals surface area contributed by atoms with Crippen LogP contribution >= 0.6 is 0 Å². The van der Waals surface area contributed by atoms with Gasteiger partial charge in [0.1, 0.15) is 0 Å². The minimum absolute atomic E-state index is 0.250. The van der Waals surface area contributed by atoms with Crippen molar-refractivity contribution in [2.24, 2.45) is 11.8 Å². The van der Waals surface area contributed by atoms with Crippen LogP contribution in [0.1, 0.15) is 20.3 Å². The van der Waals surface area contributed by atoms with E-state index in [9.17, 15) is 5.11 Å². The molecule has 0 aliphatic heterocycles. The molecule has 0 saturated heterocycles. The van der Waals surface area contributed by atoms with Crippen molar-refractivity contribution in [2.75, 3.05) is 0 Å². The van der Waals surface area contributed by atoms with Crippen molar-refractivity contribution >= 4 is 0 Å². The molecule has 0 N–H and O–H groups in total. The zero-order valence-corrected chi connectivity index (χ0v) is 4.85. The maximum absolute atomic E-state index is 10.6. The lowest BCUT2D eigenvalue weighted by Gasteiger charge is -2.34. The molecule has 0 bridgehead atoms. The van der Waals surface area contributed by atoms with Gasteiger partial charge < -0.3 is 0 Å². The molecular weight excluding hydrogens is 88.1 g/mol. The van der Waals surface area contributed by atoms with Gasteiger partial charge in [0.25, 0.3) is 0 Å². The highest BCUT2D eigenvalue weighted by Crippen LogP contribution is 2.32. The van der Waals surface area contributed by atoms with Crippen LogP contribution in [-0.2, 0) is 5.11 Å². The summed E-state index contributed by atoms with van der Waals surface area (Å²) in [6, 6.07) is 0. The predicted octanol–water partition coefficient (Wildman–Crippen LogP) is 1.46. The fourth-order valence-electron chi connectivity index (χ4n) is 1.22. The minimum atomic E-state index is -0.250. The van der Waals surface area contributed by atoms with Crippen LogP contribution in [0.3, 0.4) is 0 Å². The first-order chi connectivity index (χ1) is 3.22. The van der Waals surface area contributed by atoms with Gasteiger partial charge >= 0.3 is 0 Å². The first kappa shape index (κ1) is 5.10. The Kier molecular flexibility index (Phi) is 1.08. The first-order valence-corrected chi connectivity index (χ1v) is 2.87. The van der Waals surface area contributed by atoms with Crippen molar-refractivity contribution in [3.05, 3.63) is 0 Å². The van der Waals surface area contributed by atoms with Gasteiger partial charge in [-0.05, 0) is 18.3 Å². The third kappa shape index (κ3) is 0.653. The Bertz CT molecular complexity index is 62.6. The third-order valence-electron chi connectivity index (χ3n) is 1.87. The molecule has 0 spiro atoms. The van der Waals surface area contributed by atoms with Crippen LogP contribution in [0.25, 0.3) is 0 Å². The maximum Gasteiger partial charge on any atom is 0.0981 e. The second-order valence-electron chi connectivity index (χ2n) is 2.65. The molecule has 41 valence electrons. The molecule has 0 aromatic rings. The number of hydrogen-bond acceptors (Lipinski definition) is 0. The summed E-state index contributed by atoms with van der Waals surface area (Å²) in [5, 5.41) is 10.6. The molecule has 0 amide bonds. The quantitative estimate of drug-likeness (QED) is 0.438. The van der Waals surface area contributed by atoms with Crippen LogP contribution < -0.4 is 0 Å². The topological polar surface area (TPSA) is 19.9 Å². The van der Waals surface area contributed by atoms with Crippen LogP contribution in [0.5, 0.6) is 0 Å². The maximum atomic E-state index is 10.6. The van der Waals surface area contributed by atoms with E-state index in [2.05, 4.69) is 0 Å². The van der Waals surface area contributed by atoms with Crippen molar-refractivity contribution in [1.82, 2.24) is 0 Å². The summed E-state index contributed by atoms with van der Waals surface area (Å²) in [5.41, 5.74) is 0. The van der Waals surface area contributed by atoms with E-state index < -0.39 is 0 Å². The second kappa shape index (κ2) is 1.48. The smallest absolute Gasteiger partial charge is 0.0981 e. The van der Waals surface area contributed by atoms with Crippen LogP contribution in [0, 0.1) is 11.8 Å². The van der Waals surface area contributed by atoms with E-state index in [1.807, 2.05) is 13.8 Å². The Morgan fingerprint density at radius 1 is 1.29 bits per heavy atom. The van der Waals surface area contributed by atoms with Crippen molar-refractivity contribution in [1.29, 1.82) is 0 Å². The van der Waals surface area contributed by atoms with E-state index in [4.69, 9.17) is 0 Å². The third-order valence-corrected chi connectivity index (χ3v) is 1.87. The number of hydrogen-bond donors (Lipinski definition) is 0. The molecule has 1 fully saturated rings. The van der Waals surface area contributed by atoms with Crippen molar-refractivity contribution in [3.63, 3.8) is 0 Å². The average Bonchev–Trinajstić information content (AvgIpc) is 1.68. The molecule has 1 rings (SSSR count). The molecule has 2 atom stereocenters. The second-order valence-corrected chi connectivity index (χ2v) is 2.65. The standard InChI is InChI=1S/C6H11O/c1-4-3-5(2)6(4)7/h4-6H,3H2,1-2H3. The molecule has 7 heavy (non-hydrogen) atoms. The molecule has 2 unspecified atom stereocenters. The van der Waals surface area contributed by atoms with Crippen LogP contribution in [-0.4, -0.2) is 6.10 Å². The van der Waals surface area contributed by atoms with E-state index in [0.29, 0.717) is 11.8 Å². The highest BCUT2D eigenvalue weighted by molar-refractivity contribution is 4.82. The van der Waals surface area contributed by atoms with Crippen LogP contribution in [0.15, 0.2) is 0 Å². The molecular formula is C6H11O. The summed E-state index contributed by atoms with van der Waals surface area (Å²) in [7, 11) is 0. The highest BCUT2D eigenvalue weighted by atomic mass is 16.3. The van der Waals surface area contributed by atoms with Gasteiger partial charge in [0.05, 0.1) is 6.10 Å². The van der Waals surface area contributed by atoms with E-state index in [1.165, 1.54) is 0 Å². The predicted molar refractivity (Wildman–Crippen MR) is 27.4 cm³/mol. The van der Waals surface area contributed by atoms with Gasteiger partial charge in [-0.25, -0.2) is 5.11 Å². The molecule has 1 nitrogen and oxygen atoms in total. The molecule has 1 saturated carbocycles. The summed E-state index contributed by atoms with van der Waals surface area (Å²) >= 11 is 0. The summed E-state index contributed by atoms with van der Waals surface area (Å²) < 4.78 is 0. The van der Waals surface area contributed by atoms with Gasteiger partial charge in [-0.1, -0.05) is 13.8 Å². The molecule has 1 radical (unpaired) electrons. The van der Waals surface area contributed by atoms with Gasteiger partial charge in [-0.3, -0.25) is 0 Å². The Hall–Kier alpha value is -0.0400. The van der Waals surface area contributed by atoms with Crippen molar-refractivity contribution in [2.45, 2.75) is 26.4 Å². The van der Waals surface area contributed by atoms with Crippen LogP contribution in [0.4, 0.5) is 0 Å². The molecule has 0 heterocycles. The van der Waals surface area contributed by atoms with E-state index in [-0.39, 0.29) is 6.10 Å². The van der Waals surface area contributed by atoms with Gasteiger partial charge in [0, 0.05) is 0 Å². The highest BCUT2D eigenvalue weighted by Gasteiger charge is 2.33. The molecule has 1 aliphatic carbocycles. The summed E-state index contributed by atoms with van der Waals surface area (Å²) in [5.74, 6) is 0.907. The normalized spacial score (nSPS) is 51.0. The molecule has 0 aromatic carbocycles. The molecule has 1 heteroatoms. The lowest BCUT2D eigenvalue weighted by atomic mass is 9.74. The van der Waals surface area contributed by atoms with Crippen molar-refractivity contribution in [3.8, 4) is 0 Å². The SMILES string of the molecule is CC1CC(C)C1[O]. The Morgan fingerprint density at radius 3 is 1.71 bits per heavy atom. The van der Waals surface area contributed by atoms with Gasteiger partial charge in [-0.15, -0.1) is 0 Å². The largest absolute Gasteiger partial charge is 0.233 e. The van der Waals surface area contributed by atoms with Crippen LogP contribution in [0.2, 0.25) is 0 Å². The lowest BCUT2D eigenvalue weighted by molar-refractivity contribution is -0.0729. The zero-order chi connectivity index (χ0) is 5.44. The summed E-state index contributed by atoms with van der Waals surface area (Å²) in [4.78, 5) is 0. The first-order valence-electron chi connectivity index (χ1n) is 2.87. The Labute approximate surface area is 44.4 Å². The molecule has 1 aliphatic rings. The summed E-state index contributed by atoms with van der Waals surface area (Å²) in [6.45, 7) is 4.05. The van der Waals surface area contributed by atoms with E-state index >= 15 is 0 Å².